The van der Waals surface area contributed by atoms with Gasteiger partial charge in [-0.3, -0.25) is 0 Å². The fraction of sp³-hybridized carbons (Fsp3) is 0.385. The topological polar surface area (TPSA) is 36.6 Å². The van der Waals surface area contributed by atoms with Gasteiger partial charge in [0.1, 0.15) is 18.0 Å². The van der Waals surface area contributed by atoms with Crippen LogP contribution >= 0.6 is 24.0 Å². The van der Waals surface area contributed by atoms with Gasteiger partial charge in [-0.05, 0) is 31.2 Å². The highest BCUT2D eigenvalue weighted by Gasteiger charge is 2.22. The third-order valence-corrected chi connectivity index (χ3v) is 3.76. The fourth-order valence-corrected chi connectivity index (χ4v) is 2.79. The molecular formula is C13H15Cl2NO2. The summed E-state index contributed by atoms with van der Waals surface area (Å²) >= 11 is 6.26. The van der Waals surface area contributed by atoms with E-state index in [0.717, 1.165) is 46.6 Å². The van der Waals surface area contributed by atoms with Crippen molar-refractivity contribution >= 4 is 35.0 Å². The number of halogens is 2. The summed E-state index contributed by atoms with van der Waals surface area (Å²) in [5.41, 5.74) is 3.06. The number of hydrogen-bond acceptors (Lipinski definition) is 3. The summed E-state index contributed by atoms with van der Waals surface area (Å²) in [6.07, 6.45) is 0.921. The third kappa shape index (κ3) is 2.01. The van der Waals surface area contributed by atoms with Crippen molar-refractivity contribution in [3.05, 3.63) is 34.0 Å². The molecule has 3 nitrogen and oxygen atoms in total. The monoisotopic (exact) mass is 287 g/mol. The van der Waals surface area contributed by atoms with Gasteiger partial charge < -0.3 is 14.4 Å². The maximum atomic E-state index is 9.37. The smallest absolute Gasteiger partial charge is 0.135 e. The molecule has 2 heterocycles. The Morgan fingerprint density at radius 1 is 1.39 bits per heavy atom. The number of furan rings is 1. The first kappa shape index (κ1) is 13.7. The quantitative estimate of drug-likeness (QED) is 0.876. The molecule has 0 saturated heterocycles. The molecule has 98 valence electrons. The molecular weight excluding hydrogens is 273 g/mol. The third-order valence-electron chi connectivity index (χ3n) is 3.40. The minimum absolute atomic E-state index is 0. The molecule has 2 aromatic rings. The van der Waals surface area contributed by atoms with Crippen LogP contribution in [-0.4, -0.2) is 23.6 Å². The molecule has 0 amide bonds. The van der Waals surface area contributed by atoms with Crippen molar-refractivity contribution in [1.29, 1.82) is 0 Å². The molecule has 1 aliphatic heterocycles. The molecule has 0 saturated carbocycles. The van der Waals surface area contributed by atoms with Gasteiger partial charge in [0.25, 0.3) is 0 Å². The molecule has 0 unspecified atom stereocenters. The highest BCUT2D eigenvalue weighted by atomic mass is 35.5. The number of nitrogens with zero attached hydrogens (tertiary/aromatic N) is 1. The maximum Gasteiger partial charge on any atom is 0.135 e. The van der Waals surface area contributed by atoms with E-state index >= 15 is 0 Å². The molecule has 0 aliphatic carbocycles. The maximum absolute atomic E-state index is 9.37. The second-order valence-electron chi connectivity index (χ2n) is 4.55. The second kappa shape index (κ2) is 5.10. The molecule has 5 heteroatoms. The van der Waals surface area contributed by atoms with Crippen LogP contribution in [0, 0.1) is 0 Å². The molecule has 0 bridgehead atoms. The summed E-state index contributed by atoms with van der Waals surface area (Å²) in [5.74, 6) is 0.664. The standard InChI is InChI=1S/C13H14ClNO2.ClH/c1-15-5-4-8-10(14)2-3-11-13(8)9(6-15)12(7-16)17-11;/h2-3,16H,4-7H2,1H3;1H. The summed E-state index contributed by atoms with van der Waals surface area (Å²) in [7, 11) is 2.07. The van der Waals surface area contributed by atoms with Gasteiger partial charge in [-0.2, -0.15) is 0 Å². The summed E-state index contributed by atoms with van der Waals surface area (Å²) < 4.78 is 5.68. The van der Waals surface area contributed by atoms with E-state index in [-0.39, 0.29) is 19.0 Å². The Labute approximate surface area is 117 Å². The van der Waals surface area contributed by atoms with Gasteiger partial charge in [0.2, 0.25) is 0 Å². The van der Waals surface area contributed by atoms with Crippen molar-refractivity contribution in [2.45, 2.75) is 19.6 Å². The van der Waals surface area contributed by atoms with Crippen LogP contribution in [0.4, 0.5) is 0 Å². The number of likely N-dealkylation sites (N-methyl/N-ethyl adjacent to an activating group) is 1. The van der Waals surface area contributed by atoms with E-state index in [2.05, 4.69) is 11.9 Å². The second-order valence-corrected chi connectivity index (χ2v) is 4.96. The van der Waals surface area contributed by atoms with E-state index in [0.29, 0.717) is 5.76 Å². The van der Waals surface area contributed by atoms with Crippen molar-refractivity contribution in [2.75, 3.05) is 13.6 Å². The van der Waals surface area contributed by atoms with Crippen LogP contribution in [0.5, 0.6) is 0 Å². The van der Waals surface area contributed by atoms with E-state index in [1.807, 2.05) is 12.1 Å². The van der Waals surface area contributed by atoms with E-state index in [1.54, 1.807) is 0 Å². The van der Waals surface area contributed by atoms with E-state index in [4.69, 9.17) is 16.0 Å². The zero-order chi connectivity index (χ0) is 12.0. The van der Waals surface area contributed by atoms with E-state index in [9.17, 15) is 5.11 Å². The minimum Gasteiger partial charge on any atom is -0.458 e. The van der Waals surface area contributed by atoms with Crippen LogP contribution < -0.4 is 0 Å². The Balaban J connectivity index is 0.00000120. The molecule has 1 aliphatic rings. The van der Waals surface area contributed by atoms with Crippen LogP contribution in [0.2, 0.25) is 5.02 Å². The van der Waals surface area contributed by atoms with Gasteiger partial charge in [0, 0.05) is 29.1 Å². The first-order valence-corrected chi connectivity index (χ1v) is 6.09. The zero-order valence-electron chi connectivity index (χ0n) is 10.1. The van der Waals surface area contributed by atoms with E-state index in [1.165, 1.54) is 0 Å². The molecule has 18 heavy (non-hydrogen) atoms. The molecule has 1 aromatic heterocycles. The van der Waals surface area contributed by atoms with Crippen LogP contribution in [-0.2, 0) is 19.6 Å². The first-order chi connectivity index (χ1) is 8.20. The lowest BCUT2D eigenvalue weighted by atomic mass is 10.0. The lowest BCUT2D eigenvalue weighted by molar-refractivity contribution is 0.244. The van der Waals surface area contributed by atoms with Gasteiger partial charge in [-0.1, -0.05) is 11.6 Å². The molecule has 0 spiro atoms. The van der Waals surface area contributed by atoms with Crippen molar-refractivity contribution in [3.63, 3.8) is 0 Å². The Kier molecular flexibility index (Phi) is 3.87. The molecule has 3 rings (SSSR count). The van der Waals surface area contributed by atoms with E-state index < -0.39 is 0 Å². The van der Waals surface area contributed by atoms with Gasteiger partial charge in [0.05, 0.1) is 0 Å². The Bertz CT molecular complexity index is 580. The molecule has 1 aromatic carbocycles. The molecule has 0 fully saturated rings. The normalized spacial score (nSPS) is 15.5. The molecule has 0 atom stereocenters. The SMILES string of the molecule is CN1CCc2c(Cl)ccc3oc(CO)c(c23)C1.Cl. The molecule has 1 N–H and O–H groups in total. The summed E-state index contributed by atoms with van der Waals surface area (Å²) in [6, 6.07) is 3.76. The minimum atomic E-state index is -0.0606. The zero-order valence-corrected chi connectivity index (χ0v) is 11.6. The van der Waals surface area contributed by atoms with Gasteiger partial charge in [0.15, 0.2) is 0 Å². The number of hydrogen-bond donors (Lipinski definition) is 1. The van der Waals surface area contributed by atoms with Gasteiger partial charge in [-0.15, -0.1) is 12.4 Å². The van der Waals surface area contributed by atoms with Crippen LogP contribution in [0.3, 0.4) is 0 Å². The predicted octanol–water partition coefficient (Wildman–Crippen LogP) is 2.99. The van der Waals surface area contributed by atoms with Gasteiger partial charge in [-0.25, -0.2) is 0 Å². The number of rotatable bonds is 1. The van der Waals surface area contributed by atoms with Gasteiger partial charge >= 0.3 is 0 Å². The predicted molar refractivity (Wildman–Crippen MR) is 74.4 cm³/mol. The van der Waals surface area contributed by atoms with Crippen molar-refractivity contribution in [2.24, 2.45) is 0 Å². The Hall–Kier alpha value is -0.740. The number of benzene rings is 1. The van der Waals surface area contributed by atoms with Crippen molar-refractivity contribution in [1.82, 2.24) is 4.90 Å². The number of aliphatic hydroxyl groups is 1. The number of aliphatic hydroxyl groups excluding tert-OH is 1. The lowest BCUT2D eigenvalue weighted by Gasteiger charge is -2.13. The van der Waals surface area contributed by atoms with Crippen molar-refractivity contribution in [3.8, 4) is 0 Å². The van der Waals surface area contributed by atoms with Crippen LogP contribution in [0.25, 0.3) is 11.0 Å². The largest absolute Gasteiger partial charge is 0.458 e. The highest BCUT2D eigenvalue weighted by Crippen LogP contribution is 2.35. The average Bonchev–Trinajstić information content (AvgIpc) is 2.56. The fourth-order valence-electron chi connectivity index (χ4n) is 2.54. The summed E-state index contributed by atoms with van der Waals surface area (Å²) in [5, 5.41) is 11.3. The van der Waals surface area contributed by atoms with Crippen LogP contribution in [0.15, 0.2) is 16.5 Å². The summed E-state index contributed by atoms with van der Waals surface area (Å²) in [4.78, 5) is 2.22. The summed E-state index contributed by atoms with van der Waals surface area (Å²) in [6.45, 7) is 1.71. The average molecular weight is 288 g/mol. The Morgan fingerprint density at radius 3 is 2.89 bits per heavy atom. The Morgan fingerprint density at radius 2 is 2.17 bits per heavy atom. The lowest BCUT2D eigenvalue weighted by Crippen LogP contribution is -2.19. The van der Waals surface area contributed by atoms with Crippen LogP contribution in [0.1, 0.15) is 16.9 Å². The molecule has 0 radical (unpaired) electrons. The first-order valence-electron chi connectivity index (χ1n) is 5.71. The van der Waals surface area contributed by atoms with Crippen molar-refractivity contribution < 1.29 is 9.52 Å². The highest BCUT2D eigenvalue weighted by molar-refractivity contribution is 6.32.